The topological polar surface area (TPSA) is 42.0 Å². The molecule has 1 aromatic heterocycles. The zero-order chi connectivity index (χ0) is 12.8. The number of thiazole rings is 1. The van der Waals surface area contributed by atoms with Crippen molar-refractivity contribution in [3.05, 3.63) is 51.4 Å². The summed E-state index contributed by atoms with van der Waals surface area (Å²) in [5.41, 5.74) is 1.04. The van der Waals surface area contributed by atoms with Gasteiger partial charge in [0.2, 0.25) is 5.91 Å². The van der Waals surface area contributed by atoms with Gasteiger partial charge in [-0.05, 0) is 17.7 Å². The third kappa shape index (κ3) is 4.13. The number of rotatable bonds is 5. The van der Waals surface area contributed by atoms with Gasteiger partial charge < -0.3 is 5.32 Å². The molecule has 0 fully saturated rings. The van der Waals surface area contributed by atoms with Crippen LogP contribution >= 0.6 is 22.9 Å². The Morgan fingerprint density at radius 3 is 2.78 bits per heavy atom. The maximum atomic E-state index is 11.6. The quantitative estimate of drug-likeness (QED) is 0.915. The van der Waals surface area contributed by atoms with Gasteiger partial charge in [-0.3, -0.25) is 4.79 Å². The summed E-state index contributed by atoms with van der Waals surface area (Å²) in [6, 6.07) is 7.45. The molecule has 1 N–H and O–H groups in total. The van der Waals surface area contributed by atoms with Crippen LogP contribution in [0.4, 0.5) is 0 Å². The molecule has 18 heavy (non-hydrogen) atoms. The van der Waals surface area contributed by atoms with E-state index >= 15 is 0 Å². The first kappa shape index (κ1) is 13.1. The van der Waals surface area contributed by atoms with Crippen LogP contribution < -0.4 is 5.32 Å². The highest BCUT2D eigenvalue weighted by molar-refractivity contribution is 7.09. The van der Waals surface area contributed by atoms with E-state index < -0.39 is 0 Å². The molecule has 0 atom stereocenters. The molecule has 5 heteroatoms. The Labute approximate surface area is 115 Å². The summed E-state index contributed by atoms with van der Waals surface area (Å²) < 4.78 is 0. The van der Waals surface area contributed by atoms with Crippen LogP contribution in [0.5, 0.6) is 0 Å². The van der Waals surface area contributed by atoms with Crippen LogP contribution in [0.1, 0.15) is 17.0 Å². The zero-order valence-corrected chi connectivity index (χ0v) is 11.3. The highest BCUT2D eigenvalue weighted by atomic mass is 35.5. The number of hydrogen-bond donors (Lipinski definition) is 1. The summed E-state index contributed by atoms with van der Waals surface area (Å²) in [5, 5.41) is 6.49. The van der Waals surface area contributed by atoms with Gasteiger partial charge in [0.1, 0.15) is 0 Å². The third-order valence-corrected chi connectivity index (χ3v) is 3.54. The standard InChI is InChI=1S/C13H13ClN2OS/c14-11-3-1-10(2-4-11)9-16-12(17)5-6-13-15-7-8-18-13/h1-4,7-8H,5-6,9H2,(H,16,17). The largest absolute Gasteiger partial charge is 0.352 e. The van der Waals surface area contributed by atoms with E-state index in [1.807, 2.05) is 29.6 Å². The van der Waals surface area contributed by atoms with Crippen LogP contribution in [-0.2, 0) is 17.8 Å². The average molecular weight is 281 g/mol. The normalized spacial score (nSPS) is 10.3. The van der Waals surface area contributed by atoms with Crippen molar-refractivity contribution in [3.8, 4) is 0 Å². The number of aromatic nitrogens is 1. The molecule has 2 rings (SSSR count). The fourth-order valence-electron chi connectivity index (χ4n) is 1.49. The van der Waals surface area contributed by atoms with Crippen LogP contribution in [0.3, 0.4) is 0 Å². The summed E-state index contributed by atoms with van der Waals surface area (Å²) in [6.07, 6.45) is 2.93. The lowest BCUT2D eigenvalue weighted by Crippen LogP contribution is -2.22. The van der Waals surface area contributed by atoms with Crippen molar-refractivity contribution in [1.82, 2.24) is 10.3 Å². The average Bonchev–Trinajstić information content (AvgIpc) is 2.89. The number of hydrogen-bond acceptors (Lipinski definition) is 3. The molecule has 94 valence electrons. The Bertz CT molecular complexity index is 496. The molecule has 1 heterocycles. The molecule has 1 amide bonds. The van der Waals surface area contributed by atoms with Crippen molar-refractivity contribution in [3.63, 3.8) is 0 Å². The van der Waals surface area contributed by atoms with Crippen molar-refractivity contribution >= 4 is 28.8 Å². The first-order valence-corrected chi connectivity index (χ1v) is 6.89. The van der Waals surface area contributed by atoms with E-state index in [9.17, 15) is 4.79 Å². The minimum atomic E-state index is 0.0418. The Morgan fingerprint density at radius 1 is 1.33 bits per heavy atom. The maximum absolute atomic E-state index is 11.6. The lowest BCUT2D eigenvalue weighted by molar-refractivity contribution is -0.121. The second-order valence-electron chi connectivity index (χ2n) is 3.83. The maximum Gasteiger partial charge on any atom is 0.220 e. The van der Waals surface area contributed by atoms with Gasteiger partial charge in [-0.25, -0.2) is 4.98 Å². The van der Waals surface area contributed by atoms with Gasteiger partial charge in [-0.2, -0.15) is 0 Å². The Kier molecular flexibility index (Phi) is 4.73. The zero-order valence-electron chi connectivity index (χ0n) is 9.73. The second-order valence-corrected chi connectivity index (χ2v) is 5.24. The minimum absolute atomic E-state index is 0.0418. The second kappa shape index (κ2) is 6.52. The van der Waals surface area contributed by atoms with Crippen molar-refractivity contribution in [2.24, 2.45) is 0 Å². The fraction of sp³-hybridized carbons (Fsp3) is 0.231. The molecule has 0 spiro atoms. The summed E-state index contributed by atoms with van der Waals surface area (Å²) in [6.45, 7) is 0.536. The molecule has 0 radical (unpaired) electrons. The monoisotopic (exact) mass is 280 g/mol. The molecule has 0 unspecified atom stereocenters. The van der Waals surface area contributed by atoms with E-state index in [1.54, 1.807) is 17.5 Å². The predicted molar refractivity (Wildman–Crippen MR) is 73.7 cm³/mol. The molecule has 2 aromatic rings. The van der Waals surface area contributed by atoms with Crippen LogP contribution in [0.2, 0.25) is 5.02 Å². The van der Waals surface area contributed by atoms with Crippen LogP contribution in [0.15, 0.2) is 35.8 Å². The molecule has 0 saturated heterocycles. The number of aryl methyl sites for hydroxylation is 1. The lowest BCUT2D eigenvalue weighted by atomic mass is 10.2. The van der Waals surface area contributed by atoms with Gasteiger partial charge in [0.05, 0.1) is 5.01 Å². The van der Waals surface area contributed by atoms with Crippen molar-refractivity contribution in [2.75, 3.05) is 0 Å². The third-order valence-electron chi connectivity index (χ3n) is 2.45. The summed E-state index contributed by atoms with van der Waals surface area (Å²) >= 11 is 7.36. The van der Waals surface area contributed by atoms with Gasteiger partial charge in [-0.1, -0.05) is 23.7 Å². The van der Waals surface area contributed by atoms with Crippen LogP contribution in [0.25, 0.3) is 0 Å². The molecule has 0 bridgehead atoms. The highest BCUT2D eigenvalue weighted by Gasteiger charge is 2.03. The molecular formula is C13H13ClN2OS. The summed E-state index contributed by atoms with van der Waals surface area (Å²) in [5.74, 6) is 0.0418. The first-order chi connectivity index (χ1) is 8.74. The fourth-order valence-corrected chi connectivity index (χ4v) is 2.23. The van der Waals surface area contributed by atoms with Crippen LogP contribution in [0, 0.1) is 0 Å². The van der Waals surface area contributed by atoms with E-state index in [1.165, 1.54) is 0 Å². The van der Waals surface area contributed by atoms with Gasteiger partial charge in [0.25, 0.3) is 0 Å². The molecule has 0 saturated carbocycles. The van der Waals surface area contributed by atoms with E-state index in [-0.39, 0.29) is 5.91 Å². The van der Waals surface area contributed by atoms with Gasteiger partial charge in [0, 0.05) is 36.0 Å². The smallest absolute Gasteiger partial charge is 0.220 e. The molecule has 3 nitrogen and oxygen atoms in total. The Morgan fingerprint density at radius 2 is 2.11 bits per heavy atom. The lowest BCUT2D eigenvalue weighted by Gasteiger charge is -2.04. The first-order valence-electron chi connectivity index (χ1n) is 5.63. The van der Waals surface area contributed by atoms with Crippen molar-refractivity contribution in [1.29, 1.82) is 0 Å². The van der Waals surface area contributed by atoms with E-state index in [0.29, 0.717) is 24.4 Å². The van der Waals surface area contributed by atoms with Gasteiger partial charge >= 0.3 is 0 Å². The van der Waals surface area contributed by atoms with Gasteiger partial charge in [-0.15, -0.1) is 11.3 Å². The van der Waals surface area contributed by atoms with Gasteiger partial charge in [0.15, 0.2) is 0 Å². The van der Waals surface area contributed by atoms with E-state index in [2.05, 4.69) is 10.3 Å². The number of amides is 1. The number of halogens is 1. The van der Waals surface area contributed by atoms with E-state index in [4.69, 9.17) is 11.6 Å². The number of carbonyl (C=O) groups is 1. The highest BCUT2D eigenvalue weighted by Crippen LogP contribution is 2.09. The Balaban J connectivity index is 1.73. The molecule has 1 aromatic carbocycles. The Hall–Kier alpha value is -1.39. The number of nitrogens with zero attached hydrogens (tertiary/aromatic N) is 1. The SMILES string of the molecule is O=C(CCc1nccs1)NCc1ccc(Cl)cc1. The number of nitrogens with one attached hydrogen (secondary N) is 1. The molecule has 0 aliphatic rings. The summed E-state index contributed by atoms with van der Waals surface area (Å²) in [4.78, 5) is 15.8. The number of benzene rings is 1. The van der Waals surface area contributed by atoms with E-state index in [0.717, 1.165) is 10.6 Å². The predicted octanol–water partition coefficient (Wildman–Crippen LogP) is 3.05. The van der Waals surface area contributed by atoms with Crippen molar-refractivity contribution < 1.29 is 4.79 Å². The molecule has 0 aliphatic heterocycles. The number of carbonyl (C=O) groups excluding carboxylic acids is 1. The molecular weight excluding hydrogens is 268 g/mol. The van der Waals surface area contributed by atoms with Crippen molar-refractivity contribution in [2.45, 2.75) is 19.4 Å². The minimum Gasteiger partial charge on any atom is -0.352 e. The molecule has 0 aliphatic carbocycles. The summed E-state index contributed by atoms with van der Waals surface area (Å²) in [7, 11) is 0. The van der Waals surface area contributed by atoms with Crippen LogP contribution in [-0.4, -0.2) is 10.9 Å².